The van der Waals surface area contributed by atoms with Crippen LogP contribution in [0.2, 0.25) is 0 Å². The lowest BCUT2D eigenvalue weighted by atomic mass is 10.1. The maximum absolute atomic E-state index is 4.30. The van der Waals surface area contributed by atoms with Crippen molar-refractivity contribution < 1.29 is 0 Å². The van der Waals surface area contributed by atoms with Gasteiger partial charge in [-0.2, -0.15) is 10.3 Å². The number of benzene rings is 1. The van der Waals surface area contributed by atoms with Crippen LogP contribution >= 0.6 is 11.8 Å². The molecule has 0 saturated carbocycles. The number of hydrogen-bond donors (Lipinski definition) is 2. The van der Waals surface area contributed by atoms with E-state index >= 15 is 0 Å². The summed E-state index contributed by atoms with van der Waals surface area (Å²) in [4.78, 5) is 1.24. The lowest BCUT2D eigenvalue weighted by molar-refractivity contribution is 0.881. The molecule has 0 spiro atoms. The van der Waals surface area contributed by atoms with Gasteiger partial charge in [-0.1, -0.05) is 17.3 Å². The van der Waals surface area contributed by atoms with Crippen molar-refractivity contribution in [2.45, 2.75) is 11.3 Å². The first-order valence-electron chi connectivity index (χ1n) is 5.76. The predicted octanol–water partition coefficient (Wildman–Crippen LogP) is 1.90. The Morgan fingerprint density at radius 3 is 2.68 bits per heavy atom. The second-order valence-electron chi connectivity index (χ2n) is 4.01. The average molecular weight is 272 g/mol. The minimum absolute atomic E-state index is 0.590. The number of aromatic amines is 2. The Bertz CT molecular complexity index is 643. The number of aromatic nitrogens is 6. The smallest absolute Gasteiger partial charge is 0.180 e. The minimum Gasteiger partial charge on any atom is -0.281 e. The number of thioether (sulfide) groups is 1. The van der Waals surface area contributed by atoms with Crippen LogP contribution in [0, 0.1) is 0 Å². The molecule has 0 unspecified atom stereocenters. The largest absolute Gasteiger partial charge is 0.281 e. The van der Waals surface area contributed by atoms with Gasteiger partial charge in [0, 0.05) is 16.2 Å². The normalized spacial score (nSPS) is 10.8. The summed E-state index contributed by atoms with van der Waals surface area (Å²) in [6.45, 7) is 0. The lowest BCUT2D eigenvalue weighted by Gasteiger charge is -1.98. The summed E-state index contributed by atoms with van der Waals surface area (Å²) in [5.41, 5.74) is 2.98. The molecular formula is C12H12N6S. The van der Waals surface area contributed by atoms with E-state index in [1.807, 2.05) is 6.07 Å². The standard InChI is InChI=1S/C12H12N6S/c1-19-10-4-2-8(3-5-10)11-6-9(13-14-11)7-12-15-17-18-16-12/h2-6H,7H2,1H3,(H,13,14)(H,15,16,17,18). The van der Waals surface area contributed by atoms with Gasteiger partial charge in [0.05, 0.1) is 12.1 Å². The zero-order valence-electron chi connectivity index (χ0n) is 10.3. The topological polar surface area (TPSA) is 83.1 Å². The van der Waals surface area contributed by atoms with E-state index in [2.05, 4.69) is 61.3 Å². The van der Waals surface area contributed by atoms with Crippen LogP contribution < -0.4 is 0 Å². The molecule has 0 aliphatic heterocycles. The number of nitrogens with zero attached hydrogens (tertiary/aromatic N) is 4. The predicted molar refractivity (Wildman–Crippen MR) is 72.8 cm³/mol. The van der Waals surface area contributed by atoms with Crippen LogP contribution in [0.3, 0.4) is 0 Å². The molecule has 0 fully saturated rings. The highest BCUT2D eigenvalue weighted by molar-refractivity contribution is 7.98. The average Bonchev–Trinajstić information content (AvgIpc) is 3.11. The Balaban J connectivity index is 1.80. The van der Waals surface area contributed by atoms with E-state index in [-0.39, 0.29) is 0 Å². The molecule has 19 heavy (non-hydrogen) atoms. The van der Waals surface area contributed by atoms with E-state index in [0.717, 1.165) is 17.0 Å². The van der Waals surface area contributed by atoms with Gasteiger partial charge in [-0.05, 0) is 24.5 Å². The maximum Gasteiger partial charge on any atom is 0.180 e. The van der Waals surface area contributed by atoms with Crippen molar-refractivity contribution in [3.05, 3.63) is 41.9 Å². The third-order valence-electron chi connectivity index (χ3n) is 2.75. The number of nitrogens with one attached hydrogen (secondary N) is 2. The fourth-order valence-electron chi connectivity index (χ4n) is 1.79. The minimum atomic E-state index is 0.590. The number of rotatable bonds is 4. The Kier molecular flexibility index (Phi) is 3.28. The molecule has 2 N–H and O–H groups in total. The molecule has 96 valence electrons. The SMILES string of the molecule is CSc1ccc(-c2cc(Cc3nn[nH]n3)[nH]n2)cc1. The molecule has 0 aliphatic rings. The van der Waals surface area contributed by atoms with Crippen LogP contribution in [0.15, 0.2) is 35.2 Å². The third-order valence-corrected chi connectivity index (χ3v) is 3.50. The van der Waals surface area contributed by atoms with Gasteiger partial charge in [0.25, 0.3) is 0 Å². The fraction of sp³-hybridized carbons (Fsp3) is 0.167. The Morgan fingerprint density at radius 2 is 2.00 bits per heavy atom. The molecule has 0 amide bonds. The van der Waals surface area contributed by atoms with E-state index in [1.54, 1.807) is 11.8 Å². The molecule has 0 radical (unpaired) electrons. The quantitative estimate of drug-likeness (QED) is 0.709. The van der Waals surface area contributed by atoms with Gasteiger partial charge in [-0.25, -0.2) is 0 Å². The maximum atomic E-state index is 4.30. The van der Waals surface area contributed by atoms with Crippen LogP contribution in [-0.4, -0.2) is 37.1 Å². The molecule has 0 saturated heterocycles. The van der Waals surface area contributed by atoms with Crippen LogP contribution in [0.1, 0.15) is 11.5 Å². The van der Waals surface area contributed by atoms with Gasteiger partial charge < -0.3 is 0 Å². The van der Waals surface area contributed by atoms with Crippen molar-refractivity contribution in [3.8, 4) is 11.3 Å². The van der Waals surface area contributed by atoms with Gasteiger partial charge in [0.1, 0.15) is 0 Å². The molecule has 1 aromatic carbocycles. The van der Waals surface area contributed by atoms with Crippen molar-refractivity contribution in [3.63, 3.8) is 0 Å². The van der Waals surface area contributed by atoms with Gasteiger partial charge in [0.2, 0.25) is 0 Å². The monoisotopic (exact) mass is 272 g/mol. The van der Waals surface area contributed by atoms with Crippen molar-refractivity contribution in [2.24, 2.45) is 0 Å². The summed E-state index contributed by atoms with van der Waals surface area (Å²) in [5, 5.41) is 21.1. The van der Waals surface area contributed by atoms with Gasteiger partial charge in [-0.15, -0.1) is 22.0 Å². The second kappa shape index (κ2) is 5.23. The zero-order valence-corrected chi connectivity index (χ0v) is 11.1. The van der Waals surface area contributed by atoms with Crippen molar-refractivity contribution in [2.75, 3.05) is 6.26 Å². The highest BCUT2D eigenvalue weighted by Gasteiger charge is 2.07. The molecule has 2 aromatic heterocycles. The second-order valence-corrected chi connectivity index (χ2v) is 4.89. The van der Waals surface area contributed by atoms with E-state index in [1.165, 1.54) is 4.90 Å². The number of tetrazole rings is 1. The molecule has 3 rings (SSSR count). The van der Waals surface area contributed by atoms with E-state index in [0.29, 0.717) is 12.2 Å². The van der Waals surface area contributed by atoms with Gasteiger partial charge in [-0.3, -0.25) is 5.10 Å². The third kappa shape index (κ3) is 2.65. The first-order chi connectivity index (χ1) is 9.35. The molecule has 0 atom stereocenters. The van der Waals surface area contributed by atoms with Crippen LogP contribution in [-0.2, 0) is 6.42 Å². The molecule has 0 aliphatic carbocycles. The highest BCUT2D eigenvalue weighted by Crippen LogP contribution is 2.22. The first-order valence-corrected chi connectivity index (χ1v) is 6.98. The number of H-pyrrole nitrogens is 2. The van der Waals surface area contributed by atoms with Crippen LogP contribution in [0.5, 0.6) is 0 Å². The fourth-order valence-corrected chi connectivity index (χ4v) is 2.20. The van der Waals surface area contributed by atoms with E-state index < -0.39 is 0 Å². The summed E-state index contributed by atoms with van der Waals surface area (Å²) >= 11 is 1.73. The first kappa shape index (κ1) is 11.9. The summed E-state index contributed by atoms with van der Waals surface area (Å²) in [6, 6.07) is 10.3. The molecule has 3 aromatic rings. The molecule has 0 bridgehead atoms. The van der Waals surface area contributed by atoms with E-state index in [4.69, 9.17) is 0 Å². The zero-order chi connectivity index (χ0) is 13.1. The van der Waals surface area contributed by atoms with Gasteiger partial charge in [0.15, 0.2) is 5.82 Å². The van der Waals surface area contributed by atoms with Crippen molar-refractivity contribution >= 4 is 11.8 Å². The summed E-state index contributed by atoms with van der Waals surface area (Å²) in [6.07, 6.45) is 2.65. The number of hydrogen-bond acceptors (Lipinski definition) is 5. The molecule has 2 heterocycles. The van der Waals surface area contributed by atoms with E-state index in [9.17, 15) is 0 Å². The Labute approximate surface area is 114 Å². The van der Waals surface area contributed by atoms with Crippen LogP contribution in [0.4, 0.5) is 0 Å². The van der Waals surface area contributed by atoms with Crippen LogP contribution in [0.25, 0.3) is 11.3 Å². The highest BCUT2D eigenvalue weighted by atomic mass is 32.2. The van der Waals surface area contributed by atoms with Crippen molar-refractivity contribution in [1.82, 2.24) is 30.8 Å². The Hall–Kier alpha value is -2.15. The summed E-state index contributed by atoms with van der Waals surface area (Å²) in [5.74, 6) is 0.646. The lowest BCUT2D eigenvalue weighted by Crippen LogP contribution is -1.91. The van der Waals surface area contributed by atoms with Gasteiger partial charge >= 0.3 is 0 Å². The summed E-state index contributed by atoms with van der Waals surface area (Å²) in [7, 11) is 0. The Morgan fingerprint density at radius 1 is 1.16 bits per heavy atom. The molecule has 7 heteroatoms. The molecule has 6 nitrogen and oxygen atoms in total. The van der Waals surface area contributed by atoms with Crippen molar-refractivity contribution in [1.29, 1.82) is 0 Å². The summed E-state index contributed by atoms with van der Waals surface area (Å²) < 4.78 is 0. The molecular weight excluding hydrogens is 260 g/mol.